The highest BCUT2D eigenvalue weighted by atomic mass is 19.1. The molecular weight excluding hydrogens is 427 g/mol. The number of hydrogen-bond acceptors (Lipinski definition) is 4. The summed E-state index contributed by atoms with van der Waals surface area (Å²) in [7, 11) is 0. The lowest BCUT2D eigenvalue weighted by Gasteiger charge is -2.12. The van der Waals surface area contributed by atoms with Crippen LogP contribution < -0.4 is 0 Å². The van der Waals surface area contributed by atoms with E-state index in [1.807, 2.05) is 85.1 Å². The number of carbonyl (C=O) groups excluding carboxylic acids is 1. The molecule has 0 unspecified atom stereocenters. The Morgan fingerprint density at radius 1 is 0.971 bits per heavy atom. The molecule has 0 saturated carbocycles. The van der Waals surface area contributed by atoms with E-state index in [9.17, 15) is 9.18 Å². The Bertz CT molecular complexity index is 1460. The van der Waals surface area contributed by atoms with Crippen LogP contribution in [0.4, 0.5) is 4.39 Å². The molecule has 5 nitrogen and oxygen atoms in total. The van der Waals surface area contributed by atoms with E-state index >= 15 is 0 Å². The van der Waals surface area contributed by atoms with Crippen LogP contribution in [0, 0.1) is 12.7 Å². The number of benzene rings is 2. The standard InChI is InChI=1S/C28H23FN4O/c1-18-8-10-20(11-9-18)24-15-22(26(34)14-19(2)25-13-12-23(29)16-30-25)17-33-27(31-32-28(24)33)21-6-4-3-5-7-21/h3-13,15-17,19H,14H2,1-2H3/t19-/m0/s1. The summed E-state index contributed by atoms with van der Waals surface area (Å²) in [4.78, 5) is 17.5. The van der Waals surface area contributed by atoms with E-state index in [4.69, 9.17) is 0 Å². The van der Waals surface area contributed by atoms with Crippen molar-refractivity contribution >= 4 is 11.4 Å². The molecule has 0 aliphatic heterocycles. The highest BCUT2D eigenvalue weighted by molar-refractivity contribution is 5.98. The van der Waals surface area contributed by atoms with E-state index in [0.717, 1.165) is 22.3 Å². The van der Waals surface area contributed by atoms with Crippen LogP contribution in [0.2, 0.25) is 0 Å². The summed E-state index contributed by atoms with van der Waals surface area (Å²) >= 11 is 0. The maximum absolute atomic E-state index is 13.4. The Morgan fingerprint density at radius 3 is 2.44 bits per heavy atom. The summed E-state index contributed by atoms with van der Waals surface area (Å²) in [6.07, 6.45) is 3.24. The van der Waals surface area contributed by atoms with Crippen molar-refractivity contribution in [3.8, 4) is 22.5 Å². The number of halogens is 1. The monoisotopic (exact) mass is 450 g/mol. The number of fused-ring (bicyclic) bond motifs is 1. The van der Waals surface area contributed by atoms with Gasteiger partial charge in [0.2, 0.25) is 0 Å². The van der Waals surface area contributed by atoms with Crippen molar-refractivity contribution in [1.29, 1.82) is 0 Å². The fourth-order valence-electron chi connectivity index (χ4n) is 4.06. The van der Waals surface area contributed by atoms with Crippen LogP contribution in [-0.2, 0) is 0 Å². The molecule has 0 spiro atoms. The fourth-order valence-corrected chi connectivity index (χ4v) is 4.06. The largest absolute Gasteiger partial charge is 0.294 e. The van der Waals surface area contributed by atoms with Gasteiger partial charge in [-0.15, -0.1) is 10.2 Å². The van der Waals surface area contributed by atoms with E-state index in [1.54, 1.807) is 6.07 Å². The summed E-state index contributed by atoms with van der Waals surface area (Å²) in [6.45, 7) is 3.96. The third-order valence-corrected chi connectivity index (χ3v) is 5.97. The summed E-state index contributed by atoms with van der Waals surface area (Å²) in [6, 6.07) is 22.8. The molecule has 5 aromatic rings. The zero-order chi connectivity index (χ0) is 23.7. The first-order valence-corrected chi connectivity index (χ1v) is 11.2. The quantitative estimate of drug-likeness (QED) is 0.286. The zero-order valence-corrected chi connectivity index (χ0v) is 18.9. The molecule has 0 radical (unpaired) electrons. The lowest BCUT2D eigenvalue weighted by molar-refractivity contribution is 0.0975. The van der Waals surface area contributed by atoms with Crippen LogP contribution in [0.25, 0.3) is 28.2 Å². The number of pyridine rings is 2. The van der Waals surface area contributed by atoms with Gasteiger partial charge in [-0.2, -0.15) is 0 Å². The van der Waals surface area contributed by atoms with Gasteiger partial charge in [0.05, 0.1) is 6.20 Å². The van der Waals surface area contributed by atoms with Crippen molar-refractivity contribution in [2.24, 2.45) is 0 Å². The second-order valence-corrected chi connectivity index (χ2v) is 8.52. The predicted octanol–water partition coefficient (Wildman–Crippen LogP) is 6.28. The van der Waals surface area contributed by atoms with Gasteiger partial charge in [-0.05, 0) is 30.7 Å². The maximum Gasteiger partial charge on any atom is 0.169 e. The molecule has 0 aliphatic carbocycles. The Hall–Kier alpha value is -4.19. The smallest absolute Gasteiger partial charge is 0.169 e. The number of aromatic nitrogens is 4. The van der Waals surface area contributed by atoms with Crippen molar-refractivity contribution < 1.29 is 9.18 Å². The lowest BCUT2D eigenvalue weighted by Crippen LogP contribution is -2.08. The average molecular weight is 451 g/mol. The molecule has 1 atom stereocenters. The minimum absolute atomic E-state index is 0.0263. The van der Waals surface area contributed by atoms with Gasteiger partial charge < -0.3 is 0 Å². The first-order chi connectivity index (χ1) is 16.5. The van der Waals surface area contributed by atoms with Crippen molar-refractivity contribution in [3.63, 3.8) is 0 Å². The molecule has 0 aliphatic rings. The number of nitrogens with zero attached hydrogens (tertiary/aromatic N) is 4. The Kier molecular flexibility index (Phi) is 5.72. The van der Waals surface area contributed by atoms with E-state index in [1.165, 1.54) is 12.3 Å². The van der Waals surface area contributed by atoms with Crippen LogP contribution >= 0.6 is 0 Å². The van der Waals surface area contributed by atoms with Crippen LogP contribution in [0.3, 0.4) is 0 Å². The minimum Gasteiger partial charge on any atom is -0.294 e. The first-order valence-electron chi connectivity index (χ1n) is 11.2. The Labute approximate surface area is 197 Å². The SMILES string of the molecule is Cc1ccc(-c2cc(C(=O)C[C@H](C)c3ccc(F)cn3)cn3c(-c4ccccc4)nnc23)cc1. The fraction of sp³-hybridized carbons (Fsp3) is 0.143. The third-order valence-electron chi connectivity index (χ3n) is 5.97. The molecule has 0 N–H and O–H groups in total. The van der Waals surface area contributed by atoms with Crippen molar-refractivity contribution in [2.45, 2.75) is 26.2 Å². The van der Waals surface area contributed by atoms with Gasteiger partial charge >= 0.3 is 0 Å². The molecule has 168 valence electrons. The first kappa shape index (κ1) is 21.6. The highest BCUT2D eigenvalue weighted by Gasteiger charge is 2.19. The zero-order valence-electron chi connectivity index (χ0n) is 18.9. The Balaban J connectivity index is 1.60. The van der Waals surface area contributed by atoms with Gasteiger partial charge in [0.25, 0.3) is 0 Å². The number of carbonyl (C=O) groups is 1. The van der Waals surface area contributed by atoms with Crippen LogP contribution in [-0.4, -0.2) is 25.4 Å². The van der Waals surface area contributed by atoms with Crippen molar-refractivity contribution in [2.75, 3.05) is 0 Å². The predicted molar refractivity (Wildman–Crippen MR) is 130 cm³/mol. The highest BCUT2D eigenvalue weighted by Crippen LogP contribution is 2.30. The molecular formula is C28H23FN4O. The van der Waals surface area contributed by atoms with E-state index in [0.29, 0.717) is 22.7 Å². The number of ketones is 1. The average Bonchev–Trinajstić information content (AvgIpc) is 3.29. The van der Waals surface area contributed by atoms with Crippen LogP contribution in [0.5, 0.6) is 0 Å². The van der Waals surface area contributed by atoms with Crippen LogP contribution in [0.15, 0.2) is 85.2 Å². The number of hydrogen-bond donors (Lipinski definition) is 0. The van der Waals surface area contributed by atoms with E-state index in [-0.39, 0.29) is 18.1 Å². The van der Waals surface area contributed by atoms with Crippen LogP contribution in [0.1, 0.15) is 40.9 Å². The Morgan fingerprint density at radius 2 is 1.74 bits per heavy atom. The van der Waals surface area contributed by atoms with E-state index < -0.39 is 5.82 Å². The second kappa shape index (κ2) is 8.98. The molecule has 3 heterocycles. The number of rotatable bonds is 6. The van der Waals surface area contributed by atoms with Gasteiger partial charge in [-0.25, -0.2) is 4.39 Å². The molecule has 0 saturated heterocycles. The molecule has 6 heteroatoms. The molecule has 0 fully saturated rings. The lowest BCUT2D eigenvalue weighted by atomic mass is 9.95. The molecule has 0 bridgehead atoms. The molecule has 0 amide bonds. The summed E-state index contributed by atoms with van der Waals surface area (Å²) in [5, 5.41) is 8.91. The molecule has 3 aromatic heterocycles. The van der Waals surface area contributed by atoms with Gasteiger partial charge in [0.15, 0.2) is 17.3 Å². The van der Waals surface area contributed by atoms with Gasteiger partial charge in [-0.3, -0.25) is 14.2 Å². The number of aryl methyl sites for hydroxylation is 1. The topological polar surface area (TPSA) is 60.2 Å². The summed E-state index contributed by atoms with van der Waals surface area (Å²) < 4.78 is 15.1. The van der Waals surface area contributed by atoms with Gasteiger partial charge in [0.1, 0.15) is 5.82 Å². The molecule has 2 aromatic carbocycles. The summed E-state index contributed by atoms with van der Waals surface area (Å²) in [5.41, 5.74) is 5.81. The third kappa shape index (κ3) is 4.22. The minimum atomic E-state index is -0.392. The van der Waals surface area contributed by atoms with Crippen molar-refractivity contribution in [3.05, 3.63) is 108 Å². The molecule has 34 heavy (non-hydrogen) atoms. The second-order valence-electron chi connectivity index (χ2n) is 8.52. The normalized spacial score (nSPS) is 12.1. The van der Waals surface area contributed by atoms with Crippen molar-refractivity contribution in [1.82, 2.24) is 19.6 Å². The van der Waals surface area contributed by atoms with Gasteiger partial charge in [0, 0.05) is 40.9 Å². The molecule has 5 rings (SSSR count). The van der Waals surface area contributed by atoms with E-state index in [2.05, 4.69) is 15.2 Å². The van der Waals surface area contributed by atoms with Gasteiger partial charge in [-0.1, -0.05) is 67.1 Å². The maximum atomic E-state index is 13.4. The summed E-state index contributed by atoms with van der Waals surface area (Å²) in [5.74, 6) is 0.103. The number of Topliss-reactive ketones (excluding diaryl/α,β-unsaturated/α-hetero) is 1.